The van der Waals surface area contributed by atoms with Gasteiger partial charge in [0.25, 0.3) is 0 Å². The van der Waals surface area contributed by atoms with Crippen LogP contribution in [0.4, 0.5) is 15.8 Å². The van der Waals surface area contributed by atoms with Crippen molar-refractivity contribution in [3.05, 3.63) is 58.0 Å². The summed E-state index contributed by atoms with van der Waals surface area (Å²) in [5, 5.41) is 12.7. The van der Waals surface area contributed by atoms with E-state index in [2.05, 4.69) is 10.3 Å². The molecule has 2 aromatic carbocycles. The number of benzene rings is 2. The normalized spacial score (nSPS) is 15.1. The van der Waals surface area contributed by atoms with Crippen LogP contribution in [0.1, 0.15) is 10.4 Å². The highest BCUT2D eigenvalue weighted by Gasteiger charge is 2.30. The second-order valence-corrected chi connectivity index (χ2v) is 10.9. The van der Waals surface area contributed by atoms with E-state index in [1.165, 1.54) is 16.6 Å². The summed E-state index contributed by atoms with van der Waals surface area (Å²) in [4.78, 5) is 15.8. The van der Waals surface area contributed by atoms with Gasteiger partial charge in [-0.1, -0.05) is 23.2 Å². The zero-order valence-corrected chi connectivity index (χ0v) is 19.5. The van der Waals surface area contributed by atoms with E-state index in [4.69, 9.17) is 23.2 Å². The van der Waals surface area contributed by atoms with Crippen molar-refractivity contribution in [3.63, 3.8) is 0 Å². The molecule has 0 radical (unpaired) electrons. The van der Waals surface area contributed by atoms with Crippen LogP contribution in [0.2, 0.25) is 10.0 Å². The molecular weight excluding hydrogens is 500 g/mol. The third-order valence-corrected chi connectivity index (χ3v) is 8.31. The maximum atomic E-state index is 14.2. The molecule has 0 amide bonds. The maximum Gasteiger partial charge on any atom is 0.337 e. The van der Waals surface area contributed by atoms with E-state index in [0.717, 1.165) is 12.1 Å². The number of nitrogens with one attached hydrogen (secondary N) is 1. The van der Waals surface area contributed by atoms with Gasteiger partial charge in [0.05, 0.1) is 27.5 Å². The van der Waals surface area contributed by atoms with Gasteiger partial charge in [0, 0.05) is 41.2 Å². The summed E-state index contributed by atoms with van der Waals surface area (Å²) in [6.07, 6.45) is 1.21. The average molecular weight is 516 g/mol. The molecule has 0 saturated carbocycles. The molecule has 168 valence electrons. The van der Waals surface area contributed by atoms with Gasteiger partial charge in [0.2, 0.25) is 10.0 Å². The minimum absolute atomic E-state index is 0.0555. The molecular formula is C20H16Cl2FN3O4S2. The van der Waals surface area contributed by atoms with Gasteiger partial charge in [-0.15, -0.1) is 0 Å². The molecule has 0 aliphatic carbocycles. The Morgan fingerprint density at radius 3 is 2.59 bits per heavy atom. The van der Waals surface area contributed by atoms with E-state index in [0.29, 0.717) is 40.5 Å². The largest absolute Gasteiger partial charge is 0.478 e. The molecule has 1 fully saturated rings. The van der Waals surface area contributed by atoms with Gasteiger partial charge in [-0.25, -0.2) is 17.6 Å². The molecule has 32 heavy (non-hydrogen) atoms. The van der Waals surface area contributed by atoms with Crippen molar-refractivity contribution < 1.29 is 22.7 Å². The van der Waals surface area contributed by atoms with Crippen LogP contribution in [-0.4, -0.2) is 53.4 Å². The number of aromatic nitrogens is 1. The summed E-state index contributed by atoms with van der Waals surface area (Å²) >= 11 is 13.6. The predicted molar refractivity (Wildman–Crippen MR) is 124 cm³/mol. The van der Waals surface area contributed by atoms with Crippen LogP contribution < -0.4 is 5.32 Å². The highest BCUT2D eigenvalue weighted by Crippen LogP contribution is 2.37. The second kappa shape index (κ2) is 9.03. The first-order valence-electron chi connectivity index (χ1n) is 9.34. The number of hydrogen-bond acceptors (Lipinski definition) is 6. The number of hydrogen-bond donors (Lipinski definition) is 2. The van der Waals surface area contributed by atoms with Crippen LogP contribution in [0.25, 0.3) is 10.9 Å². The maximum absolute atomic E-state index is 14.2. The van der Waals surface area contributed by atoms with Crippen molar-refractivity contribution >= 4 is 73.2 Å². The number of rotatable bonds is 5. The Morgan fingerprint density at radius 1 is 1.19 bits per heavy atom. The Morgan fingerprint density at radius 2 is 1.91 bits per heavy atom. The molecule has 12 heteroatoms. The molecule has 0 atom stereocenters. The lowest BCUT2D eigenvalue weighted by Gasteiger charge is -2.27. The number of carbonyl (C=O) groups is 1. The summed E-state index contributed by atoms with van der Waals surface area (Å²) in [5.41, 5.74) is 0.00921. The lowest BCUT2D eigenvalue weighted by Crippen LogP contribution is -2.38. The first-order valence-corrected chi connectivity index (χ1v) is 12.7. The Balaban J connectivity index is 1.95. The van der Waals surface area contributed by atoms with E-state index >= 15 is 0 Å². The number of pyridine rings is 1. The van der Waals surface area contributed by atoms with Crippen molar-refractivity contribution in [2.45, 2.75) is 4.90 Å². The van der Waals surface area contributed by atoms with Crippen LogP contribution in [0.15, 0.2) is 41.4 Å². The Bertz CT molecular complexity index is 1330. The zero-order valence-electron chi connectivity index (χ0n) is 16.3. The molecule has 2 N–H and O–H groups in total. The molecule has 7 nitrogen and oxygen atoms in total. The van der Waals surface area contributed by atoms with Gasteiger partial charge in [-0.05, 0) is 30.3 Å². The molecule has 0 spiro atoms. The third-order valence-electron chi connectivity index (χ3n) is 4.93. The fraction of sp³-hybridized carbons (Fsp3) is 0.200. The molecule has 3 aromatic rings. The first kappa shape index (κ1) is 23.1. The minimum Gasteiger partial charge on any atom is -0.478 e. The molecule has 0 unspecified atom stereocenters. The standard InChI is InChI=1S/C20H16Cl2FN3O4S2/c21-11-1-2-16-12(7-11)19(25-17-9-15(23)14(22)8-13(17)20(27)28)18(10-24-16)32(29,30)26-3-5-31-6-4-26/h1-2,7-10H,3-6H2,(H,24,25)(H,27,28). The van der Waals surface area contributed by atoms with Gasteiger partial charge in [0.15, 0.2) is 0 Å². The van der Waals surface area contributed by atoms with Gasteiger partial charge in [0.1, 0.15) is 10.7 Å². The average Bonchev–Trinajstić information content (AvgIpc) is 2.76. The lowest BCUT2D eigenvalue weighted by molar-refractivity contribution is 0.0698. The van der Waals surface area contributed by atoms with E-state index in [1.54, 1.807) is 23.9 Å². The molecule has 1 aromatic heterocycles. The Hall–Kier alpha value is -2.11. The molecule has 1 aliphatic heterocycles. The number of nitrogens with zero attached hydrogens (tertiary/aromatic N) is 2. The topological polar surface area (TPSA) is 99.6 Å². The number of anilines is 2. The molecule has 1 aliphatic rings. The van der Waals surface area contributed by atoms with E-state index in [-0.39, 0.29) is 26.9 Å². The van der Waals surface area contributed by atoms with Gasteiger partial charge in [-0.3, -0.25) is 4.98 Å². The van der Waals surface area contributed by atoms with Crippen LogP contribution in [-0.2, 0) is 10.0 Å². The lowest BCUT2D eigenvalue weighted by atomic mass is 10.1. The van der Waals surface area contributed by atoms with E-state index in [1.807, 2.05) is 0 Å². The summed E-state index contributed by atoms with van der Waals surface area (Å²) in [7, 11) is -3.98. The van der Waals surface area contributed by atoms with Gasteiger partial charge in [-0.2, -0.15) is 16.1 Å². The van der Waals surface area contributed by atoms with Crippen LogP contribution in [0.3, 0.4) is 0 Å². The fourth-order valence-corrected chi connectivity index (χ4v) is 6.38. The number of carboxylic acids is 1. The Kier molecular flexibility index (Phi) is 6.51. The van der Waals surface area contributed by atoms with Crippen molar-refractivity contribution in [2.24, 2.45) is 0 Å². The summed E-state index contributed by atoms with van der Waals surface area (Å²) < 4.78 is 42.5. The quantitative estimate of drug-likeness (QED) is 0.500. The predicted octanol–water partition coefficient (Wildman–Crippen LogP) is 4.86. The summed E-state index contributed by atoms with van der Waals surface area (Å²) in [5.74, 6) is -0.905. The van der Waals surface area contributed by atoms with Crippen LogP contribution in [0.5, 0.6) is 0 Å². The van der Waals surface area contributed by atoms with Crippen molar-refractivity contribution in [3.8, 4) is 0 Å². The highest BCUT2D eigenvalue weighted by atomic mass is 35.5. The number of aromatic carboxylic acids is 1. The molecule has 1 saturated heterocycles. The fourth-order valence-electron chi connectivity index (χ4n) is 3.36. The number of sulfonamides is 1. The Labute approximate surface area is 197 Å². The second-order valence-electron chi connectivity index (χ2n) is 6.92. The number of halogens is 3. The number of carboxylic acid groups (broad SMARTS) is 1. The first-order chi connectivity index (χ1) is 15.2. The van der Waals surface area contributed by atoms with Crippen molar-refractivity contribution in [2.75, 3.05) is 29.9 Å². The monoisotopic (exact) mass is 515 g/mol. The third kappa shape index (κ3) is 4.38. The summed E-state index contributed by atoms with van der Waals surface area (Å²) in [6, 6.07) is 6.60. The van der Waals surface area contributed by atoms with Crippen LogP contribution >= 0.6 is 35.0 Å². The van der Waals surface area contributed by atoms with E-state index < -0.39 is 21.8 Å². The number of fused-ring (bicyclic) bond motifs is 1. The number of thioether (sulfide) groups is 1. The molecule has 4 rings (SSSR count). The SMILES string of the molecule is O=C(O)c1cc(Cl)c(F)cc1Nc1c(S(=O)(=O)N2CCSCC2)cnc2ccc(Cl)cc12. The molecule has 2 heterocycles. The minimum atomic E-state index is -3.98. The van der Waals surface area contributed by atoms with Crippen molar-refractivity contribution in [1.29, 1.82) is 0 Å². The van der Waals surface area contributed by atoms with Crippen LogP contribution in [0, 0.1) is 5.82 Å². The smallest absolute Gasteiger partial charge is 0.337 e. The highest BCUT2D eigenvalue weighted by molar-refractivity contribution is 7.99. The van der Waals surface area contributed by atoms with Gasteiger partial charge >= 0.3 is 5.97 Å². The van der Waals surface area contributed by atoms with Crippen molar-refractivity contribution in [1.82, 2.24) is 9.29 Å². The summed E-state index contributed by atoms with van der Waals surface area (Å²) in [6.45, 7) is 0.659. The molecule has 0 bridgehead atoms. The van der Waals surface area contributed by atoms with Gasteiger partial charge < -0.3 is 10.4 Å². The zero-order chi connectivity index (χ0) is 23.0. The van der Waals surface area contributed by atoms with E-state index in [9.17, 15) is 22.7 Å².